The molecule has 2 rings (SSSR count). The van der Waals surface area contributed by atoms with Crippen LogP contribution in [0.3, 0.4) is 0 Å². The van der Waals surface area contributed by atoms with Crippen LogP contribution in [-0.4, -0.2) is 48.1 Å². The number of hydrogen-bond donors (Lipinski definition) is 3. The molecule has 0 aliphatic carbocycles. The Hall–Kier alpha value is -1.80. The molecule has 6 nitrogen and oxygen atoms in total. The number of carbonyl (C=O) groups is 2. The van der Waals surface area contributed by atoms with Crippen LogP contribution in [0, 0.1) is 0 Å². The Labute approximate surface area is 180 Å². The van der Waals surface area contributed by atoms with E-state index in [-0.39, 0.29) is 17.6 Å². The van der Waals surface area contributed by atoms with E-state index in [9.17, 15) is 14.7 Å². The molecule has 29 heavy (non-hydrogen) atoms. The Kier molecular flexibility index (Phi) is 10.9. The Morgan fingerprint density at radius 2 is 2.07 bits per heavy atom. The summed E-state index contributed by atoms with van der Waals surface area (Å²) >= 11 is 0. The van der Waals surface area contributed by atoms with Gasteiger partial charge in [0.15, 0.2) is 11.5 Å². The van der Waals surface area contributed by atoms with Gasteiger partial charge in [-0.05, 0) is 49.5 Å². The summed E-state index contributed by atoms with van der Waals surface area (Å²) in [5.74, 6) is 1.56. The van der Waals surface area contributed by atoms with E-state index in [0.29, 0.717) is 31.7 Å². The average Bonchev–Trinajstić information content (AvgIpc) is 3.24. The van der Waals surface area contributed by atoms with E-state index in [0.717, 1.165) is 23.7 Å². The molecular weight excluding hydrogens is 408 g/mol. The van der Waals surface area contributed by atoms with E-state index in [4.69, 9.17) is 4.74 Å². The minimum Gasteiger partial charge on any atom is -0.504 e. The summed E-state index contributed by atoms with van der Waals surface area (Å²) in [4.78, 5) is 23.7. The van der Waals surface area contributed by atoms with Crippen molar-refractivity contribution in [2.24, 2.45) is 0 Å². The monoisotopic (exact) mass is 438 g/mol. The number of phenolic OH excluding ortho intramolecular Hbond substituents is 1. The number of nitrogens with one attached hydrogen (secondary N) is 2. The molecule has 1 aromatic carbocycles. The maximum Gasteiger partial charge on any atom is 0.244 e. The molecule has 0 bridgehead atoms. The average molecular weight is 439 g/mol. The van der Waals surface area contributed by atoms with Gasteiger partial charge in [-0.25, -0.2) is 0 Å². The second kappa shape index (κ2) is 13.4. The molecule has 0 spiro atoms. The van der Waals surface area contributed by atoms with Crippen LogP contribution in [-0.2, 0) is 9.59 Å². The highest BCUT2D eigenvalue weighted by Gasteiger charge is 2.15. The number of aromatic hydroxyl groups is 1. The molecule has 1 saturated heterocycles. The van der Waals surface area contributed by atoms with Gasteiger partial charge >= 0.3 is 0 Å². The molecule has 8 heteroatoms. The second-order valence-electron chi connectivity index (χ2n) is 6.83. The number of rotatable bonds is 12. The molecule has 1 aromatic rings. The summed E-state index contributed by atoms with van der Waals surface area (Å²) in [7, 11) is 5.42. The third-order valence-electron chi connectivity index (χ3n) is 4.51. The van der Waals surface area contributed by atoms with Crippen LogP contribution in [0.1, 0.15) is 44.1 Å². The number of ether oxygens (including phenoxy) is 1. The van der Waals surface area contributed by atoms with Crippen molar-refractivity contribution in [2.75, 3.05) is 26.0 Å². The first-order valence-corrected chi connectivity index (χ1v) is 12.3. The minimum absolute atomic E-state index is 0.0584. The largest absolute Gasteiger partial charge is 0.504 e. The van der Waals surface area contributed by atoms with Gasteiger partial charge in [0, 0.05) is 36.6 Å². The predicted octanol–water partition coefficient (Wildman–Crippen LogP) is 3.75. The van der Waals surface area contributed by atoms with Gasteiger partial charge in [0.2, 0.25) is 11.8 Å². The molecule has 0 aromatic heterocycles. The van der Waals surface area contributed by atoms with Crippen molar-refractivity contribution in [1.82, 2.24) is 10.6 Å². The summed E-state index contributed by atoms with van der Waals surface area (Å²) in [6, 6.07) is 4.87. The number of phenols is 1. The highest BCUT2D eigenvalue weighted by atomic mass is 33.1. The first-order chi connectivity index (χ1) is 14.1. The number of hydrogen-bond acceptors (Lipinski definition) is 6. The molecule has 0 saturated carbocycles. The maximum atomic E-state index is 11.8. The van der Waals surface area contributed by atoms with Crippen LogP contribution in [0.5, 0.6) is 11.5 Å². The molecule has 2 amide bonds. The lowest BCUT2D eigenvalue weighted by atomic mass is 10.1. The summed E-state index contributed by atoms with van der Waals surface area (Å²) in [5, 5.41) is 16.0. The number of carbonyl (C=O) groups excluding carboxylic acids is 2. The Balaban J connectivity index is 1.50. The van der Waals surface area contributed by atoms with Gasteiger partial charge in [-0.15, -0.1) is 0 Å². The Bertz CT molecular complexity index is 691. The molecule has 1 fully saturated rings. The van der Waals surface area contributed by atoms with E-state index >= 15 is 0 Å². The maximum absolute atomic E-state index is 11.8. The topological polar surface area (TPSA) is 87.7 Å². The van der Waals surface area contributed by atoms with Gasteiger partial charge in [-0.2, -0.15) is 0 Å². The molecule has 0 radical (unpaired) electrons. The fraction of sp³-hybridized carbons (Fsp3) is 0.524. The zero-order valence-electron chi connectivity index (χ0n) is 16.8. The molecule has 1 unspecified atom stereocenters. The highest BCUT2D eigenvalue weighted by molar-refractivity contribution is 8.77. The van der Waals surface area contributed by atoms with Gasteiger partial charge in [0.1, 0.15) is 0 Å². The van der Waals surface area contributed by atoms with E-state index in [1.54, 1.807) is 18.2 Å². The first-order valence-electron chi connectivity index (χ1n) is 9.96. The smallest absolute Gasteiger partial charge is 0.244 e. The molecule has 1 aliphatic heterocycles. The Morgan fingerprint density at radius 3 is 2.83 bits per heavy atom. The minimum atomic E-state index is -0.202. The predicted molar refractivity (Wildman–Crippen MR) is 121 cm³/mol. The number of unbranched alkanes of at least 4 members (excludes halogenated alkanes) is 1. The third kappa shape index (κ3) is 9.49. The van der Waals surface area contributed by atoms with Crippen molar-refractivity contribution < 1.29 is 19.4 Å². The van der Waals surface area contributed by atoms with Gasteiger partial charge in [-0.3, -0.25) is 9.59 Å². The van der Waals surface area contributed by atoms with Crippen LogP contribution in [0.4, 0.5) is 0 Å². The zero-order chi connectivity index (χ0) is 20.9. The SMILES string of the molecule is COc1cc(/C=C/C(=O)NCCCNC(=O)CCCCC2CCSS2)ccc1O. The zero-order valence-corrected chi connectivity index (χ0v) is 18.4. The molecule has 3 N–H and O–H groups in total. The number of amides is 2. The summed E-state index contributed by atoms with van der Waals surface area (Å²) in [6.07, 6.45) is 8.92. The van der Waals surface area contributed by atoms with Crippen LogP contribution < -0.4 is 15.4 Å². The first kappa shape index (κ1) is 23.5. The van der Waals surface area contributed by atoms with Crippen LogP contribution in [0.2, 0.25) is 0 Å². The quantitative estimate of drug-likeness (QED) is 0.262. The van der Waals surface area contributed by atoms with E-state index in [1.165, 1.54) is 37.8 Å². The second-order valence-corrected chi connectivity index (χ2v) is 9.62. The van der Waals surface area contributed by atoms with Crippen molar-refractivity contribution in [3.8, 4) is 11.5 Å². The number of benzene rings is 1. The molecule has 1 heterocycles. The van der Waals surface area contributed by atoms with Gasteiger partial charge in [0.25, 0.3) is 0 Å². The molecule has 1 aliphatic rings. The lowest BCUT2D eigenvalue weighted by Crippen LogP contribution is -2.28. The van der Waals surface area contributed by atoms with Crippen molar-refractivity contribution in [1.29, 1.82) is 0 Å². The van der Waals surface area contributed by atoms with Crippen LogP contribution >= 0.6 is 21.6 Å². The fourth-order valence-corrected chi connectivity index (χ4v) is 5.89. The lowest BCUT2D eigenvalue weighted by molar-refractivity contribution is -0.121. The normalized spacial score (nSPS) is 16.1. The number of methoxy groups -OCH3 is 1. The third-order valence-corrected chi connectivity index (χ3v) is 7.52. The standard InChI is InChI=1S/C21H30N2O4S2/c1-27-19-15-16(7-9-18(19)24)8-10-21(26)23-13-4-12-22-20(25)6-3-2-5-17-11-14-28-29-17/h7-10,15,17,24H,2-6,11-14H2,1H3,(H,22,25)(H,23,26)/b10-8+. The summed E-state index contributed by atoms with van der Waals surface area (Å²) in [5.41, 5.74) is 0.757. The van der Waals surface area contributed by atoms with E-state index in [1.807, 2.05) is 21.6 Å². The molecular formula is C21H30N2O4S2. The van der Waals surface area contributed by atoms with Crippen LogP contribution in [0.15, 0.2) is 24.3 Å². The van der Waals surface area contributed by atoms with Crippen LogP contribution in [0.25, 0.3) is 6.08 Å². The van der Waals surface area contributed by atoms with E-state index < -0.39 is 0 Å². The fourth-order valence-electron chi connectivity index (χ4n) is 2.87. The molecule has 160 valence electrons. The Morgan fingerprint density at radius 1 is 1.24 bits per heavy atom. The van der Waals surface area contributed by atoms with Crippen molar-refractivity contribution in [3.05, 3.63) is 29.8 Å². The summed E-state index contributed by atoms with van der Waals surface area (Å²) in [6.45, 7) is 1.06. The van der Waals surface area contributed by atoms with Gasteiger partial charge in [-0.1, -0.05) is 34.1 Å². The van der Waals surface area contributed by atoms with Crippen molar-refractivity contribution >= 4 is 39.5 Å². The van der Waals surface area contributed by atoms with Crippen molar-refractivity contribution in [3.63, 3.8) is 0 Å². The van der Waals surface area contributed by atoms with E-state index in [2.05, 4.69) is 10.6 Å². The van der Waals surface area contributed by atoms with Gasteiger partial charge < -0.3 is 20.5 Å². The van der Waals surface area contributed by atoms with Crippen molar-refractivity contribution in [2.45, 2.75) is 43.8 Å². The molecule has 1 atom stereocenters. The lowest BCUT2D eigenvalue weighted by Gasteiger charge is -2.08. The highest BCUT2D eigenvalue weighted by Crippen LogP contribution is 2.39. The summed E-state index contributed by atoms with van der Waals surface area (Å²) < 4.78 is 5.04. The van der Waals surface area contributed by atoms with Gasteiger partial charge in [0.05, 0.1) is 7.11 Å².